The van der Waals surface area contributed by atoms with Crippen molar-refractivity contribution in [3.63, 3.8) is 0 Å². The Morgan fingerprint density at radius 1 is 0.947 bits per heavy atom. The van der Waals surface area contributed by atoms with Gasteiger partial charge in [-0.1, -0.05) is 30.3 Å². The molecule has 2 aromatic heterocycles. The summed E-state index contributed by atoms with van der Waals surface area (Å²) in [4.78, 5) is 17.7. The summed E-state index contributed by atoms with van der Waals surface area (Å²) >= 11 is 0. The van der Waals surface area contributed by atoms with E-state index in [4.69, 9.17) is 9.78 Å². The first-order valence-electron chi connectivity index (χ1n) is 6.12. The van der Waals surface area contributed by atoms with E-state index in [9.17, 15) is 0 Å². The Morgan fingerprint density at radius 2 is 1.74 bits per heavy atom. The summed E-state index contributed by atoms with van der Waals surface area (Å²) in [7, 11) is 0. The molecule has 1 N–H and O–H groups in total. The van der Waals surface area contributed by atoms with Crippen LogP contribution < -0.4 is 0 Å². The molecule has 1 aromatic carbocycles. The van der Waals surface area contributed by atoms with Crippen LogP contribution in [0, 0.1) is 0 Å². The maximum atomic E-state index is 5.20. The molecular formula is C15H14N2O2. The molecule has 0 unspecified atom stereocenters. The number of fused-ring (bicyclic) bond motifs is 1. The minimum atomic E-state index is 0.390. The van der Waals surface area contributed by atoms with Gasteiger partial charge in [-0.2, -0.15) is 0 Å². The maximum absolute atomic E-state index is 5.20. The molecule has 2 heterocycles. The average Bonchev–Trinajstić information content (AvgIpc) is 2.92. The highest BCUT2D eigenvalue weighted by Crippen LogP contribution is 2.12. The number of benzene rings is 1. The first-order valence-corrected chi connectivity index (χ1v) is 6.12. The van der Waals surface area contributed by atoms with Gasteiger partial charge in [-0.15, -0.1) is 0 Å². The van der Waals surface area contributed by atoms with Crippen LogP contribution in [-0.4, -0.2) is 9.97 Å². The van der Waals surface area contributed by atoms with Crippen LogP contribution in [0.2, 0.25) is 0 Å². The first-order chi connectivity index (χ1) is 9.42. The Morgan fingerprint density at radius 3 is 2.58 bits per heavy atom. The highest BCUT2D eigenvalue weighted by atomic mass is 17.2. The fraction of sp³-hybridized carbons (Fsp3) is 0.133. The Bertz CT molecular complexity index is 649. The van der Waals surface area contributed by atoms with E-state index >= 15 is 0 Å². The van der Waals surface area contributed by atoms with Crippen molar-refractivity contribution in [2.45, 2.75) is 13.2 Å². The first kappa shape index (κ1) is 11.9. The van der Waals surface area contributed by atoms with E-state index in [1.807, 2.05) is 48.7 Å². The van der Waals surface area contributed by atoms with E-state index in [2.05, 4.69) is 9.97 Å². The van der Waals surface area contributed by atoms with E-state index < -0.39 is 0 Å². The average molecular weight is 254 g/mol. The third-order valence-corrected chi connectivity index (χ3v) is 2.83. The lowest BCUT2D eigenvalue weighted by atomic mass is 10.2. The van der Waals surface area contributed by atoms with E-state index in [0.717, 1.165) is 22.2 Å². The summed E-state index contributed by atoms with van der Waals surface area (Å²) in [5.74, 6) is 0. The minimum Gasteiger partial charge on any atom is -0.346 e. The van der Waals surface area contributed by atoms with Crippen LogP contribution in [0.3, 0.4) is 0 Å². The zero-order valence-corrected chi connectivity index (χ0v) is 10.4. The Kier molecular flexibility index (Phi) is 3.54. The van der Waals surface area contributed by atoms with Gasteiger partial charge in [0.1, 0.15) is 18.9 Å². The molecule has 0 spiro atoms. The zero-order valence-electron chi connectivity index (χ0n) is 10.4. The molecule has 0 aliphatic carbocycles. The molecule has 4 nitrogen and oxygen atoms in total. The van der Waals surface area contributed by atoms with E-state index in [1.54, 1.807) is 6.20 Å². The molecule has 0 fully saturated rings. The molecule has 96 valence electrons. The highest BCUT2D eigenvalue weighted by molar-refractivity contribution is 5.75. The monoisotopic (exact) mass is 254 g/mol. The van der Waals surface area contributed by atoms with Gasteiger partial charge >= 0.3 is 0 Å². The number of pyridine rings is 1. The van der Waals surface area contributed by atoms with Gasteiger partial charge in [0.05, 0.1) is 0 Å². The van der Waals surface area contributed by atoms with E-state index in [0.29, 0.717) is 13.2 Å². The molecule has 0 amide bonds. The summed E-state index contributed by atoms with van der Waals surface area (Å²) in [6.45, 7) is 0.835. The molecule has 3 rings (SSSR count). The lowest BCUT2D eigenvalue weighted by Gasteiger charge is -2.04. The van der Waals surface area contributed by atoms with Gasteiger partial charge < -0.3 is 4.98 Å². The predicted octanol–water partition coefficient (Wildman–Crippen LogP) is 3.21. The van der Waals surface area contributed by atoms with Crippen molar-refractivity contribution in [1.82, 2.24) is 9.97 Å². The largest absolute Gasteiger partial charge is 0.346 e. The van der Waals surface area contributed by atoms with Crippen molar-refractivity contribution in [3.8, 4) is 0 Å². The lowest BCUT2D eigenvalue weighted by molar-refractivity contribution is -0.313. The molecule has 0 aliphatic rings. The van der Waals surface area contributed by atoms with Gasteiger partial charge in [0, 0.05) is 23.3 Å². The standard InChI is InChI=1S/C15H14N2O2/c1-2-4-12(5-3-1)10-18-19-11-13-8-14-6-7-16-15(14)17-9-13/h1-9H,10-11H2,(H,16,17). The summed E-state index contributed by atoms with van der Waals surface area (Å²) in [5.41, 5.74) is 2.95. The van der Waals surface area contributed by atoms with Crippen molar-refractivity contribution in [2.75, 3.05) is 0 Å². The fourth-order valence-electron chi connectivity index (χ4n) is 1.86. The van der Waals surface area contributed by atoms with Crippen molar-refractivity contribution >= 4 is 11.0 Å². The van der Waals surface area contributed by atoms with Gasteiger partial charge in [0.15, 0.2) is 0 Å². The molecule has 0 radical (unpaired) electrons. The van der Waals surface area contributed by atoms with Crippen molar-refractivity contribution in [1.29, 1.82) is 0 Å². The number of hydrogen-bond acceptors (Lipinski definition) is 3. The molecule has 19 heavy (non-hydrogen) atoms. The highest BCUT2D eigenvalue weighted by Gasteiger charge is 1.99. The normalized spacial score (nSPS) is 10.9. The molecule has 3 aromatic rings. The number of H-pyrrole nitrogens is 1. The number of nitrogens with zero attached hydrogens (tertiary/aromatic N) is 1. The van der Waals surface area contributed by atoms with Gasteiger partial charge in [0.2, 0.25) is 0 Å². The minimum absolute atomic E-state index is 0.390. The number of hydrogen-bond donors (Lipinski definition) is 1. The molecule has 0 saturated heterocycles. The van der Waals surface area contributed by atoms with Gasteiger partial charge in [-0.3, -0.25) is 0 Å². The summed E-state index contributed by atoms with van der Waals surface area (Å²) in [5, 5.41) is 1.07. The van der Waals surface area contributed by atoms with Crippen molar-refractivity contribution in [2.24, 2.45) is 0 Å². The van der Waals surface area contributed by atoms with Crippen molar-refractivity contribution < 1.29 is 9.78 Å². The van der Waals surface area contributed by atoms with Crippen LogP contribution in [-0.2, 0) is 23.0 Å². The predicted molar refractivity (Wildman–Crippen MR) is 72.1 cm³/mol. The number of aromatic amines is 1. The van der Waals surface area contributed by atoms with Crippen LogP contribution in [0.5, 0.6) is 0 Å². The van der Waals surface area contributed by atoms with Crippen LogP contribution in [0.15, 0.2) is 54.9 Å². The zero-order chi connectivity index (χ0) is 12.9. The quantitative estimate of drug-likeness (QED) is 0.432. The second-order valence-electron chi connectivity index (χ2n) is 4.27. The second kappa shape index (κ2) is 5.65. The molecular weight excluding hydrogens is 240 g/mol. The summed E-state index contributed by atoms with van der Waals surface area (Å²) < 4.78 is 0. The van der Waals surface area contributed by atoms with Crippen LogP contribution >= 0.6 is 0 Å². The lowest BCUT2D eigenvalue weighted by Crippen LogP contribution is -1.96. The number of rotatable bonds is 5. The van der Waals surface area contributed by atoms with Crippen molar-refractivity contribution in [3.05, 3.63) is 66.0 Å². The SMILES string of the molecule is c1ccc(COOCc2cnc3[nH]ccc3c2)cc1. The Labute approximate surface area is 110 Å². The van der Waals surface area contributed by atoms with Gasteiger partial charge in [-0.05, 0) is 17.7 Å². The summed E-state index contributed by atoms with van der Waals surface area (Å²) in [6.07, 6.45) is 3.65. The fourth-order valence-corrected chi connectivity index (χ4v) is 1.86. The number of aromatic nitrogens is 2. The molecule has 0 bridgehead atoms. The second-order valence-corrected chi connectivity index (χ2v) is 4.27. The van der Waals surface area contributed by atoms with Crippen LogP contribution in [0.25, 0.3) is 11.0 Å². The Hall–Kier alpha value is -2.17. The molecule has 0 atom stereocenters. The van der Waals surface area contributed by atoms with Crippen LogP contribution in [0.1, 0.15) is 11.1 Å². The van der Waals surface area contributed by atoms with E-state index in [-0.39, 0.29) is 0 Å². The molecule has 0 aliphatic heterocycles. The smallest absolute Gasteiger partial charge is 0.137 e. The maximum Gasteiger partial charge on any atom is 0.137 e. The van der Waals surface area contributed by atoms with Gasteiger partial charge in [-0.25, -0.2) is 14.8 Å². The third-order valence-electron chi connectivity index (χ3n) is 2.83. The number of nitrogens with one attached hydrogen (secondary N) is 1. The molecule has 0 saturated carbocycles. The third kappa shape index (κ3) is 2.99. The van der Waals surface area contributed by atoms with E-state index in [1.165, 1.54) is 0 Å². The molecule has 4 heteroatoms. The van der Waals surface area contributed by atoms with Gasteiger partial charge in [0.25, 0.3) is 0 Å². The Balaban J connectivity index is 1.52. The van der Waals surface area contributed by atoms with Crippen LogP contribution in [0.4, 0.5) is 0 Å². The summed E-state index contributed by atoms with van der Waals surface area (Å²) in [6, 6.07) is 13.9. The topological polar surface area (TPSA) is 47.1 Å².